The topological polar surface area (TPSA) is 61.8 Å². The molecule has 2 heterocycles. The van der Waals surface area contributed by atoms with Crippen LogP contribution in [-0.4, -0.2) is 54.8 Å². The molecule has 5 heteroatoms. The number of likely N-dealkylation sites (tertiary alicyclic amines) is 1. The third kappa shape index (κ3) is 5.23. The Morgan fingerprint density at radius 3 is 3.00 bits per heavy atom. The molecule has 150 valence electrons. The van der Waals surface area contributed by atoms with Crippen molar-refractivity contribution in [2.75, 3.05) is 32.8 Å². The minimum Gasteiger partial charge on any atom is -0.493 e. The Hall–Kier alpha value is -1.59. The number of hydrogen-bond acceptors (Lipinski definition) is 4. The highest BCUT2D eigenvalue weighted by Crippen LogP contribution is 2.29. The van der Waals surface area contributed by atoms with Crippen LogP contribution in [0.1, 0.15) is 60.5 Å². The van der Waals surface area contributed by atoms with Gasteiger partial charge in [-0.25, -0.2) is 0 Å². The molecule has 1 fully saturated rings. The van der Waals surface area contributed by atoms with E-state index in [9.17, 15) is 9.90 Å². The Balaban J connectivity index is 1.59. The van der Waals surface area contributed by atoms with Crippen LogP contribution in [0.5, 0.6) is 5.75 Å². The molecule has 2 aliphatic heterocycles. The lowest BCUT2D eigenvalue weighted by Crippen LogP contribution is -2.47. The number of aliphatic hydroxyl groups excluding tert-OH is 1. The van der Waals surface area contributed by atoms with Gasteiger partial charge in [0.15, 0.2) is 0 Å². The van der Waals surface area contributed by atoms with E-state index < -0.39 is 0 Å². The van der Waals surface area contributed by atoms with Crippen molar-refractivity contribution in [2.24, 2.45) is 5.92 Å². The lowest BCUT2D eigenvalue weighted by molar-refractivity contribution is 0.0217. The summed E-state index contributed by atoms with van der Waals surface area (Å²) in [6, 6.07) is 4.00. The number of aryl methyl sites for hydroxylation is 1. The molecule has 0 radical (unpaired) electrons. The number of β-amino-alcohol motifs (C(OH)–C–C–N with tert-alkyl or cyclic N) is 1. The van der Waals surface area contributed by atoms with Gasteiger partial charge in [0.25, 0.3) is 5.91 Å². The van der Waals surface area contributed by atoms with E-state index >= 15 is 0 Å². The molecule has 27 heavy (non-hydrogen) atoms. The van der Waals surface area contributed by atoms with Crippen LogP contribution >= 0.6 is 0 Å². The highest BCUT2D eigenvalue weighted by Gasteiger charge is 2.28. The fraction of sp³-hybridized carbons (Fsp3) is 0.682. The normalized spacial score (nSPS) is 23.2. The average molecular weight is 375 g/mol. The first-order valence-corrected chi connectivity index (χ1v) is 10.5. The van der Waals surface area contributed by atoms with Crippen LogP contribution in [0.4, 0.5) is 0 Å². The molecule has 1 saturated heterocycles. The number of benzene rings is 1. The van der Waals surface area contributed by atoms with Crippen LogP contribution in [0.3, 0.4) is 0 Å². The number of nitrogens with zero attached hydrogens (tertiary/aromatic N) is 1. The molecule has 2 aliphatic rings. The predicted molar refractivity (Wildman–Crippen MR) is 107 cm³/mol. The van der Waals surface area contributed by atoms with Gasteiger partial charge in [0.1, 0.15) is 5.75 Å². The molecular formula is C22H34N2O3. The van der Waals surface area contributed by atoms with Crippen molar-refractivity contribution >= 4 is 5.91 Å². The summed E-state index contributed by atoms with van der Waals surface area (Å²) in [5.74, 6) is 0.953. The Morgan fingerprint density at radius 1 is 1.37 bits per heavy atom. The molecule has 0 bridgehead atoms. The van der Waals surface area contributed by atoms with Gasteiger partial charge in [-0.3, -0.25) is 4.79 Å². The van der Waals surface area contributed by atoms with E-state index in [2.05, 4.69) is 17.1 Å². The van der Waals surface area contributed by atoms with E-state index in [1.54, 1.807) is 0 Å². The Bertz CT molecular complexity index is 647. The van der Waals surface area contributed by atoms with Crippen LogP contribution in [0.25, 0.3) is 0 Å². The van der Waals surface area contributed by atoms with Crippen LogP contribution in [0, 0.1) is 12.8 Å². The minimum atomic E-state index is -0.367. The number of nitrogens with one attached hydrogen (secondary N) is 1. The second-order valence-electron chi connectivity index (χ2n) is 8.08. The molecule has 2 N–H and O–H groups in total. The number of carbonyl (C=O) groups excluding carboxylic acids is 1. The van der Waals surface area contributed by atoms with Gasteiger partial charge in [-0.05, 0) is 69.8 Å². The summed E-state index contributed by atoms with van der Waals surface area (Å²) in [6.45, 7) is 8.23. The van der Waals surface area contributed by atoms with Crippen molar-refractivity contribution in [1.82, 2.24) is 10.2 Å². The first-order valence-electron chi connectivity index (χ1n) is 10.5. The van der Waals surface area contributed by atoms with Gasteiger partial charge in [-0.2, -0.15) is 0 Å². The summed E-state index contributed by atoms with van der Waals surface area (Å²) >= 11 is 0. The summed E-state index contributed by atoms with van der Waals surface area (Å²) < 4.78 is 5.85. The standard InChI is InChI=1S/C22H34N2O3/c1-3-4-9-24-10-8-17(20(25)15-24)14-23-22(26)19-12-16(2)13-21-18(19)7-5-6-11-27-21/h12-13,17,20,25H,3-11,14-15H2,1-2H3,(H,23,26). The monoisotopic (exact) mass is 374 g/mol. The number of rotatable bonds is 6. The lowest BCUT2D eigenvalue weighted by Gasteiger charge is -2.36. The summed E-state index contributed by atoms with van der Waals surface area (Å²) in [6.07, 6.45) is 5.87. The van der Waals surface area contributed by atoms with Crippen molar-refractivity contribution in [3.8, 4) is 5.75 Å². The third-order valence-electron chi connectivity index (χ3n) is 5.83. The van der Waals surface area contributed by atoms with Crippen LogP contribution in [0.15, 0.2) is 12.1 Å². The summed E-state index contributed by atoms with van der Waals surface area (Å²) in [7, 11) is 0. The van der Waals surface area contributed by atoms with Crippen LogP contribution in [0.2, 0.25) is 0 Å². The van der Waals surface area contributed by atoms with Crippen LogP contribution < -0.4 is 10.1 Å². The maximum atomic E-state index is 12.9. The van der Waals surface area contributed by atoms with E-state index in [1.807, 2.05) is 19.1 Å². The van der Waals surface area contributed by atoms with Crippen molar-refractivity contribution in [3.63, 3.8) is 0 Å². The highest BCUT2D eigenvalue weighted by atomic mass is 16.5. The maximum Gasteiger partial charge on any atom is 0.251 e. The van der Waals surface area contributed by atoms with E-state index in [-0.39, 0.29) is 17.9 Å². The van der Waals surface area contributed by atoms with Crippen LogP contribution in [-0.2, 0) is 6.42 Å². The average Bonchev–Trinajstić information content (AvgIpc) is 2.90. The Kier molecular flexibility index (Phi) is 7.13. The molecular weight excluding hydrogens is 340 g/mol. The van der Waals surface area contributed by atoms with E-state index in [0.29, 0.717) is 13.1 Å². The number of carbonyl (C=O) groups is 1. The van der Waals surface area contributed by atoms with Crippen molar-refractivity contribution in [3.05, 3.63) is 28.8 Å². The minimum absolute atomic E-state index is 0.0407. The zero-order valence-corrected chi connectivity index (χ0v) is 16.8. The third-order valence-corrected chi connectivity index (χ3v) is 5.83. The number of aliphatic hydroxyl groups is 1. The first-order chi connectivity index (χ1) is 13.1. The number of piperidine rings is 1. The molecule has 0 aromatic heterocycles. The molecule has 1 aromatic rings. The molecule has 0 saturated carbocycles. The first kappa shape index (κ1) is 20.2. The molecule has 1 amide bonds. The summed E-state index contributed by atoms with van der Waals surface area (Å²) in [5.41, 5.74) is 2.82. The quantitative estimate of drug-likeness (QED) is 0.804. The largest absolute Gasteiger partial charge is 0.493 e. The number of fused-ring (bicyclic) bond motifs is 1. The zero-order valence-electron chi connectivity index (χ0n) is 16.8. The smallest absolute Gasteiger partial charge is 0.251 e. The fourth-order valence-corrected chi connectivity index (χ4v) is 4.15. The SMILES string of the molecule is CCCCN1CCC(CNC(=O)c2cc(C)cc3c2CCCCO3)C(O)C1. The number of hydrogen-bond donors (Lipinski definition) is 2. The fourth-order valence-electron chi connectivity index (χ4n) is 4.15. The molecule has 2 atom stereocenters. The van der Waals surface area contributed by atoms with Gasteiger partial charge in [-0.15, -0.1) is 0 Å². The zero-order chi connectivity index (χ0) is 19.2. The number of unbranched alkanes of at least 4 members (excludes halogenated alkanes) is 1. The van der Waals surface area contributed by atoms with Gasteiger partial charge < -0.3 is 20.1 Å². The molecule has 3 rings (SSSR count). The van der Waals surface area contributed by atoms with Gasteiger partial charge >= 0.3 is 0 Å². The molecule has 0 spiro atoms. The van der Waals surface area contributed by atoms with Gasteiger partial charge in [-0.1, -0.05) is 13.3 Å². The van der Waals surface area contributed by atoms with Crippen molar-refractivity contribution in [2.45, 2.75) is 58.5 Å². The second kappa shape index (κ2) is 9.56. The predicted octanol–water partition coefficient (Wildman–Crippen LogP) is 2.92. The number of amides is 1. The van der Waals surface area contributed by atoms with Gasteiger partial charge in [0.05, 0.1) is 12.7 Å². The van der Waals surface area contributed by atoms with Crippen molar-refractivity contribution in [1.29, 1.82) is 0 Å². The van der Waals surface area contributed by atoms with E-state index in [0.717, 1.165) is 67.8 Å². The van der Waals surface area contributed by atoms with E-state index in [4.69, 9.17) is 4.74 Å². The maximum absolute atomic E-state index is 12.9. The van der Waals surface area contributed by atoms with Gasteiger partial charge in [0.2, 0.25) is 0 Å². The van der Waals surface area contributed by atoms with Crippen molar-refractivity contribution < 1.29 is 14.6 Å². The number of ether oxygens (including phenoxy) is 1. The van der Waals surface area contributed by atoms with E-state index in [1.165, 1.54) is 12.8 Å². The molecule has 0 aliphatic carbocycles. The highest BCUT2D eigenvalue weighted by molar-refractivity contribution is 5.96. The molecule has 1 aromatic carbocycles. The summed E-state index contributed by atoms with van der Waals surface area (Å²) in [5, 5.41) is 13.6. The summed E-state index contributed by atoms with van der Waals surface area (Å²) in [4.78, 5) is 15.2. The van der Waals surface area contributed by atoms with Gasteiger partial charge in [0, 0.05) is 30.1 Å². The Morgan fingerprint density at radius 2 is 2.22 bits per heavy atom. The lowest BCUT2D eigenvalue weighted by atomic mass is 9.93. The molecule has 5 nitrogen and oxygen atoms in total. The second-order valence-corrected chi connectivity index (χ2v) is 8.08. The molecule has 2 unspecified atom stereocenters. The Labute approximate surface area is 163 Å².